The molecular formula is C34H38N2O6. The molecular weight excluding hydrogens is 532 g/mol. The third kappa shape index (κ3) is 4.87. The van der Waals surface area contributed by atoms with Gasteiger partial charge in [0.1, 0.15) is 5.41 Å². The number of aliphatic hydroxyl groups excluding tert-OH is 1. The number of esters is 1. The first-order valence-corrected chi connectivity index (χ1v) is 14.5. The number of amides is 1. The molecule has 2 aromatic rings. The second-order valence-corrected chi connectivity index (χ2v) is 12.0. The van der Waals surface area contributed by atoms with Crippen molar-refractivity contribution < 1.29 is 29.0 Å². The summed E-state index contributed by atoms with van der Waals surface area (Å²) in [6.07, 6.45) is 8.52. The number of para-hydroxylation sites is 1. The van der Waals surface area contributed by atoms with Crippen molar-refractivity contribution in [2.75, 3.05) is 0 Å². The first-order chi connectivity index (χ1) is 20.0. The molecule has 1 saturated heterocycles. The topological polar surface area (TPSA) is 126 Å². The maximum Gasteiger partial charge on any atom is 0.303 e. The highest BCUT2D eigenvalue weighted by atomic mass is 16.5. The molecule has 42 heavy (non-hydrogen) atoms. The van der Waals surface area contributed by atoms with Gasteiger partial charge in [-0.15, -0.1) is 0 Å². The van der Waals surface area contributed by atoms with E-state index in [1.807, 2.05) is 63.4 Å². The highest BCUT2D eigenvalue weighted by Gasteiger charge is 2.66. The normalized spacial score (nSPS) is 34.7. The molecule has 8 nitrogen and oxygen atoms in total. The Bertz CT molecular complexity index is 1570. The van der Waals surface area contributed by atoms with Crippen LogP contribution >= 0.6 is 0 Å². The number of H-pyrrole nitrogens is 1. The van der Waals surface area contributed by atoms with Gasteiger partial charge in [0.05, 0.1) is 6.10 Å². The zero-order chi connectivity index (χ0) is 30.3. The van der Waals surface area contributed by atoms with Crippen molar-refractivity contribution in [3.8, 4) is 0 Å². The van der Waals surface area contributed by atoms with Crippen LogP contribution in [-0.4, -0.2) is 51.8 Å². The van der Waals surface area contributed by atoms with E-state index >= 15 is 0 Å². The molecule has 5 rings (SSSR count). The van der Waals surface area contributed by atoms with Crippen molar-refractivity contribution >= 4 is 34.3 Å². The van der Waals surface area contributed by atoms with E-state index in [4.69, 9.17) is 4.74 Å². The number of hydrogen-bond donors (Lipinski definition) is 3. The van der Waals surface area contributed by atoms with Gasteiger partial charge in [-0.3, -0.25) is 19.2 Å². The van der Waals surface area contributed by atoms with Crippen molar-refractivity contribution in [1.82, 2.24) is 10.3 Å². The standard InChI is InChI=1S/C34H38N2O6/c1-18-9-8-11-25-31(40)21(4)20(3)30-27(16-23-17-35-26-12-7-6-10-24(23)26)36-33(41)34(25,30)29(39)14-13-28(38)32(19(2)15-18)42-22(5)37/h6-8,10-15,17-18,25,27,30-32,35,40H,9,16H2,1-5H3,(H,36,41)/b11-8+,14-13+,19-15-/t18-,25-,27-,30-,31+,32+,34+/m0/s1. The molecule has 0 bridgehead atoms. The molecule has 0 saturated carbocycles. The van der Waals surface area contributed by atoms with Gasteiger partial charge in [-0.1, -0.05) is 48.9 Å². The Hall–Kier alpha value is -4.04. The zero-order valence-corrected chi connectivity index (χ0v) is 24.6. The summed E-state index contributed by atoms with van der Waals surface area (Å²) in [6, 6.07) is 7.50. The predicted molar refractivity (Wildman–Crippen MR) is 159 cm³/mol. The average Bonchev–Trinajstić information content (AvgIpc) is 3.49. The number of ketones is 2. The van der Waals surface area contributed by atoms with Crippen LogP contribution in [0.25, 0.3) is 10.9 Å². The van der Waals surface area contributed by atoms with Gasteiger partial charge in [0.25, 0.3) is 0 Å². The first kappa shape index (κ1) is 29.5. The lowest BCUT2D eigenvalue weighted by Gasteiger charge is -2.45. The summed E-state index contributed by atoms with van der Waals surface area (Å²) in [5, 5.41) is 15.7. The average molecular weight is 571 g/mol. The number of fused-ring (bicyclic) bond motifs is 1. The minimum absolute atomic E-state index is 0.0366. The number of benzene rings is 1. The van der Waals surface area contributed by atoms with Crippen LogP contribution in [0.5, 0.6) is 0 Å². The molecule has 1 spiro atoms. The lowest BCUT2D eigenvalue weighted by Crippen LogP contribution is -2.55. The fourth-order valence-corrected chi connectivity index (χ4v) is 7.19. The number of aromatic nitrogens is 1. The molecule has 3 N–H and O–H groups in total. The van der Waals surface area contributed by atoms with E-state index in [-0.39, 0.29) is 5.92 Å². The van der Waals surface area contributed by atoms with Crippen molar-refractivity contribution in [1.29, 1.82) is 0 Å². The summed E-state index contributed by atoms with van der Waals surface area (Å²) in [4.78, 5) is 56.9. The fraction of sp³-hybridized carbons (Fsp3) is 0.412. The van der Waals surface area contributed by atoms with Crippen LogP contribution in [0.1, 0.15) is 46.6 Å². The molecule has 0 radical (unpaired) electrons. The van der Waals surface area contributed by atoms with E-state index in [9.17, 15) is 24.3 Å². The lowest BCUT2D eigenvalue weighted by atomic mass is 9.55. The molecule has 0 unspecified atom stereocenters. The van der Waals surface area contributed by atoms with Crippen LogP contribution in [-0.2, 0) is 30.3 Å². The Morgan fingerprint density at radius 2 is 1.83 bits per heavy atom. The van der Waals surface area contributed by atoms with Crippen LogP contribution in [0.3, 0.4) is 0 Å². The van der Waals surface area contributed by atoms with Crippen LogP contribution in [0.15, 0.2) is 77.6 Å². The summed E-state index contributed by atoms with van der Waals surface area (Å²) in [5.41, 5.74) is 2.42. The second-order valence-electron chi connectivity index (χ2n) is 12.0. The minimum atomic E-state index is -1.66. The molecule has 2 aliphatic carbocycles. The predicted octanol–water partition coefficient (Wildman–Crippen LogP) is 4.31. The van der Waals surface area contributed by atoms with Gasteiger partial charge in [-0.05, 0) is 74.5 Å². The van der Waals surface area contributed by atoms with E-state index in [1.54, 1.807) is 13.0 Å². The third-order valence-corrected chi connectivity index (χ3v) is 9.26. The van der Waals surface area contributed by atoms with E-state index in [1.165, 1.54) is 6.92 Å². The molecule has 7 atom stereocenters. The van der Waals surface area contributed by atoms with Gasteiger partial charge in [0, 0.05) is 41.9 Å². The highest BCUT2D eigenvalue weighted by Crippen LogP contribution is 2.55. The van der Waals surface area contributed by atoms with Crippen LogP contribution in [0, 0.1) is 23.2 Å². The van der Waals surface area contributed by atoms with Gasteiger partial charge >= 0.3 is 5.97 Å². The summed E-state index contributed by atoms with van der Waals surface area (Å²) in [6.45, 7) is 8.65. The summed E-state index contributed by atoms with van der Waals surface area (Å²) >= 11 is 0. The second kappa shape index (κ2) is 11.3. The van der Waals surface area contributed by atoms with Crippen LogP contribution < -0.4 is 5.32 Å². The number of rotatable bonds is 3. The SMILES string of the molecule is CC(=O)O[C@H]1C(=O)/C=C/C(=O)[C@@]23C(=O)N[C@@H](Cc4c[nH]c5ccccc45)[C@@H]2C(C)=C(C)[C@@H](O)[C@@H]3/C=C/C[C@H](C)/C=C\1C. The Balaban J connectivity index is 1.64. The van der Waals surface area contributed by atoms with Crippen LogP contribution in [0.4, 0.5) is 0 Å². The van der Waals surface area contributed by atoms with E-state index < -0.39 is 58.9 Å². The largest absolute Gasteiger partial charge is 0.450 e. The van der Waals surface area contributed by atoms with Gasteiger partial charge in [-0.25, -0.2) is 0 Å². The Labute approximate surface area is 245 Å². The monoisotopic (exact) mass is 570 g/mol. The summed E-state index contributed by atoms with van der Waals surface area (Å²) in [7, 11) is 0. The van der Waals surface area contributed by atoms with Crippen molar-refractivity contribution in [3.05, 3.63) is 83.1 Å². The summed E-state index contributed by atoms with van der Waals surface area (Å²) < 4.78 is 5.34. The number of aliphatic hydroxyl groups is 1. The van der Waals surface area contributed by atoms with Gasteiger partial charge in [-0.2, -0.15) is 0 Å². The lowest BCUT2D eigenvalue weighted by molar-refractivity contribution is -0.149. The van der Waals surface area contributed by atoms with Gasteiger partial charge in [0.15, 0.2) is 11.9 Å². The molecule has 3 aliphatic rings. The smallest absolute Gasteiger partial charge is 0.303 e. The molecule has 1 aliphatic heterocycles. The molecule has 1 aromatic carbocycles. The molecule has 1 aromatic heterocycles. The molecule has 1 fully saturated rings. The third-order valence-electron chi connectivity index (χ3n) is 9.26. The van der Waals surface area contributed by atoms with Crippen molar-refractivity contribution in [2.45, 2.75) is 65.7 Å². The highest BCUT2D eigenvalue weighted by molar-refractivity contribution is 6.16. The maximum atomic E-state index is 14.3. The maximum absolute atomic E-state index is 14.3. The quantitative estimate of drug-likeness (QED) is 0.287. The molecule has 8 heteroatoms. The van der Waals surface area contributed by atoms with E-state index in [0.717, 1.165) is 39.8 Å². The van der Waals surface area contributed by atoms with Crippen molar-refractivity contribution in [3.63, 3.8) is 0 Å². The molecule has 220 valence electrons. The Morgan fingerprint density at radius 3 is 2.57 bits per heavy atom. The van der Waals surface area contributed by atoms with E-state index in [0.29, 0.717) is 18.4 Å². The number of allylic oxidation sites excluding steroid dienone is 3. The number of aromatic amines is 1. The van der Waals surface area contributed by atoms with Crippen molar-refractivity contribution in [2.24, 2.45) is 23.2 Å². The fourth-order valence-electron chi connectivity index (χ4n) is 7.19. The Kier molecular flexibility index (Phi) is 7.94. The number of nitrogens with one attached hydrogen (secondary N) is 2. The number of hydrogen-bond acceptors (Lipinski definition) is 6. The number of carbonyl (C=O) groups excluding carboxylic acids is 4. The van der Waals surface area contributed by atoms with E-state index in [2.05, 4.69) is 10.3 Å². The van der Waals surface area contributed by atoms with Crippen LogP contribution in [0.2, 0.25) is 0 Å². The zero-order valence-electron chi connectivity index (χ0n) is 24.6. The number of carbonyl (C=O) groups is 4. The number of ether oxygens (including phenoxy) is 1. The molecule has 2 heterocycles. The minimum Gasteiger partial charge on any atom is -0.450 e. The van der Waals surface area contributed by atoms with Gasteiger partial charge < -0.3 is 20.1 Å². The summed E-state index contributed by atoms with van der Waals surface area (Å²) in [5.74, 6) is -3.64. The van der Waals surface area contributed by atoms with Gasteiger partial charge in [0.2, 0.25) is 11.7 Å². The first-order valence-electron chi connectivity index (χ1n) is 14.5. The molecule has 1 amide bonds. The Morgan fingerprint density at radius 1 is 1.10 bits per heavy atom.